The molecule has 0 bridgehead atoms. The Balaban J connectivity index is 1.61. The first-order valence-electron chi connectivity index (χ1n) is 10.4. The van der Waals surface area contributed by atoms with Gasteiger partial charge in [0.05, 0.1) is 11.8 Å². The summed E-state index contributed by atoms with van der Waals surface area (Å²) in [4.78, 5) is 24.8. The van der Waals surface area contributed by atoms with Gasteiger partial charge in [0.1, 0.15) is 18.0 Å². The number of hydrogen-bond acceptors (Lipinski definition) is 9. The molecule has 0 aliphatic carbocycles. The average molecular weight is 446 g/mol. The van der Waals surface area contributed by atoms with Crippen molar-refractivity contribution < 1.29 is 4.79 Å². The van der Waals surface area contributed by atoms with Gasteiger partial charge in [-0.2, -0.15) is 5.10 Å². The molecular weight excluding hydrogens is 418 g/mol. The number of nitrogens with two attached hydrogens (primary N) is 1. The van der Waals surface area contributed by atoms with Gasteiger partial charge >= 0.3 is 0 Å². The third-order valence-electron chi connectivity index (χ3n) is 4.55. The topological polar surface area (TPSA) is 154 Å². The highest BCUT2D eigenvalue weighted by Gasteiger charge is 2.12. The summed E-state index contributed by atoms with van der Waals surface area (Å²) >= 11 is 0. The van der Waals surface area contributed by atoms with E-state index in [0.29, 0.717) is 41.5 Å². The van der Waals surface area contributed by atoms with Crippen LogP contribution in [0.3, 0.4) is 0 Å². The summed E-state index contributed by atoms with van der Waals surface area (Å²) in [7, 11) is 0. The van der Waals surface area contributed by atoms with E-state index < -0.39 is 0 Å². The number of anilines is 3. The minimum Gasteiger partial charge on any atom is -0.352 e. The number of rotatable bonds is 10. The normalized spacial score (nSPS) is 11.2. The number of hydrazone groups is 1. The van der Waals surface area contributed by atoms with Crippen LogP contribution in [0.15, 0.2) is 60.1 Å². The number of nitrogens with one attached hydrogen (secondary N) is 4. The molecule has 1 aromatic carbocycles. The van der Waals surface area contributed by atoms with Crippen LogP contribution in [0.5, 0.6) is 0 Å². The van der Waals surface area contributed by atoms with Gasteiger partial charge in [-0.1, -0.05) is 18.2 Å². The first-order chi connectivity index (χ1) is 15.9. The summed E-state index contributed by atoms with van der Waals surface area (Å²) in [5.74, 6) is 1.26. The molecule has 1 amide bonds. The first kappa shape index (κ1) is 23.5. The molecule has 0 atom stereocenters. The molecule has 6 N–H and O–H groups in total. The molecule has 0 spiro atoms. The zero-order chi connectivity index (χ0) is 23.7. The predicted octanol–water partition coefficient (Wildman–Crippen LogP) is 2.92. The fraction of sp³-hybridized carbons (Fsp3) is 0.217. The maximum atomic E-state index is 12.2. The van der Waals surface area contributed by atoms with Crippen LogP contribution in [0.4, 0.5) is 17.5 Å². The molecule has 0 unspecified atom stereocenters. The highest BCUT2D eigenvalue weighted by molar-refractivity contribution is 5.95. The number of aromatic nitrogens is 3. The summed E-state index contributed by atoms with van der Waals surface area (Å²) in [6, 6.07) is 12.5. The van der Waals surface area contributed by atoms with E-state index in [1.807, 2.05) is 26.0 Å². The molecule has 33 heavy (non-hydrogen) atoms. The van der Waals surface area contributed by atoms with Crippen molar-refractivity contribution in [3.8, 4) is 0 Å². The molecule has 0 radical (unpaired) electrons. The molecule has 10 nitrogen and oxygen atoms in total. The quantitative estimate of drug-likeness (QED) is 0.237. The van der Waals surface area contributed by atoms with Gasteiger partial charge in [0.2, 0.25) is 0 Å². The predicted molar refractivity (Wildman–Crippen MR) is 130 cm³/mol. The number of pyridine rings is 1. The van der Waals surface area contributed by atoms with E-state index >= 15 is 0 Å². The minimum absolute atomic E-state index is 0.148. The van der Waals surface area contributed by atoms with E-state index in [-0.39, 0.29) is 11.4 Å². The number of nitrogens with zero attached hydrogens (tertiary/aromatic N) is 4. The minimum atomic E-state index is -0.322. The third-order valence-corrected chi connectivity index (χ3v) is 4.55. The molecule has 2 aromatic heterocycles. The maximum Gasteiger partial charge on any atom is 0.251 e. The van der Waals surface area contributed by atoms with E-state index in [0.717, 1.165) is 11.8 Å². The molecular formula is C23H27N9O. The molecule has 0 aliphatic heterocycles. The smallest absolute Gasteiger partial charge is 0.251 e. The zero-order valence-corrected chi connectivity index (χ0v) is 18.5. The molecule has 2 heterocycles. The Morgan fingerprint density at radius 2 is 1.88 bits per heavy atom. The van der Waals surface area contributed by atoms with E-state index in [1.54, 1.807) is 42.7 Å². The van der Waals surface area contributed by atoms with Gasteiger partial charge < -0.3 is 21.8 Å². The summed E-state index contributed by atoms with van der Waals surface area (Å²) in [5, 5.41) is 17.9. The van der Waals surface area contributed by atoms with E-state index in [2.05, 4.69) is 36.1 Å². The Kier molecular flexibility index (Phi) is 7.77. The molecule has 3 aromatic rings. The number of carbonyl (C=O) groups excluding carboxylic acids is 1. The largest absolute Gasteiger partial charge is 0.352 e. The molecule has 10 heteroatoms. The van der Waals surface area contributed by atoms with Gasteiger partial charge in [-0.15, -0.1) is 0 Å². The van der Waals surface area contributed by atoms with Crippen molar-refractivity contribution in [1.82, 2.24) is 20.3 Å². The van der Waals surface area contributed by atoms with Gasteiger partial charge in [-0.05, 0) is 50.1 Å². The van der Waals surface area contributed by atoms with Crippen LogP contribution in [-0.2, 0) is 0 Å². The van der Waals surface area contributed by atoms with Crippen LogP contribution in [0.2, 0.25) is 0 Å². The summed E-state index contributed by atoms with van der Waals surface area (Å²) in [5.41, 5.74) is 10.2. The standard InChI is InChI=1S/C23H27N9O/c1-23(2,25)10-12-27-22(33)17-8-6-16(7-9-17)14-30-32-21-18(13-24)20(28-15-29-21)31-19-5-3-4-11-26-19/h3-9,11,13-15,24H,10,12,25H2,1-2H3,(H,27,33)(H2,26,28,29,31,32)/b24-13?,30-14+. The van der Waals surface area contributed by atoms with Gasteiger partial charge in [0.25, 0.3) is 5.91 Å². The van der Waals surface area contributed by atoms with Crippen molar-refractivity contribution in [2.24, 2.45) is 10.8 Å². The number of hydrogen-bond donors (Lipinski definition) is 5. The zero-order valence-electron chi connectivity index (χ0n) is 18.5. The average Bonchev–Trinajstić information content (AvgIpc) is 2.79. The molecule has 170 valence electrons. The van der Waals surface area contributed by atoms with Gasteiger partial charge in [0.15, 0.2) is 5.82 Å². The Morgan fingerprint density at radius 1 is 1.12 bits per heavy atom. The van der Waals surface area contributed by atoms with Crippen molar-refractivity contribution in [1.29, 1.82) is 5.41 Å². The lowest BCUT2D eigenvalue weighted by Gasteiger charge is -2.18. The highest BCUT2D eigenvalue weighted by Crippen LogP contribution is 2.20. The van der Waals surface area contributed by atoms with Gasteiger partial charge in [0, 0.05) is 30.1 Å². The van der Waals surface area contributed by atoms with Crippen molar-refractivity contribution in [2.45, 2.75) is 25.8 Å². The molecule has 3 rings (SSSR count). The number of benzene rings is 1. The number of carbonyl (C=O) groups is 1. The molecule has 0 fully saturated rings. The van der Waals surface area contributed by atoms with Crippen LogP contribution < -0.4 is 21.8 Å². The van der Waals surface area contributed by atoms with E-state index in [1.165, 1.54) is 6.33 Å². The lowest BCUT2D eigenvalue weighted by Crippen LogP contribution is -2.37. The molecule has 0 saturated heterocycles. The Bertz CT molecular complexity index is 1110. The van der Waals surface area contributed by atoms with Crippen LogP contribution >= 0.6 is 0 Å². The van der Waals surface area contributed by atoms with E-state index in [9.17, 15) is 4.79 Å². The van der Waals surface area contributed by atoms with E-state index in [4.69, 9.17) is 11.1 Å². The summed E-state index contributed by atoms with van der Waals surface area (Å²) in [6.45, 7) is 4.36. The molecule has 0 saturated carbocycles. The van der Waals surface area contributed by atoms with Crippen LogP contribution in [0.1, 0.15) is 41.8 Å². The fourth-order valence-corrected chi connectivity index (χ4v) is 2.77. The summed E-state index contributed by atoms with van der Waals surface area (Å²) < 4.78 is 0. The van der Waals surface area contributed by atoms with Crippen molar-refractivity contribution in [3.63, 3.8) is 0 Å². The second-order valence-corrected chi connectivity index (χ2v) is 7.96. The highest BCUT2D eigenvalue weighted by atomic mass is 16.1. The Morgan fingerprint density at radius 3 is 2.55 bits per heavy atom. The van der Waals surface area contributed by atoms with Crippen LogP contribution in [0, 0.1) is 5.41 Å². The maximum absolute atomic E-state index is 12.2. The lowest BCUT2D eigenvalue weighted by molar-refractivity contribution is 0.0951. The third kappa shape index (κ3) is 7.18. The second kappa shape index (κ2) is 10.9. The second-order valence-electron chi connectivity index (χ2n) is 7.96. The first-order valence-corrected chi connectivity index (χ1v) is 10.4. The van der Waals surface area contributed by atoms with Crippen molar-refractivity contribution in [2.75, 3.05) is 17.3 Å². The van der Waals surface area contributed by atoms with Crippen LogP contribution in [0.25, 0.3) is 0 Å². The van der Waals surface area contributed by atoms with Gasteiger partial charge in [-0.3, -0.25) is 10.2 Å². The van der Waals surface area contributed by atoms with Crippen LogP contribution in [-0.4, -0.2) is 45.4 Å². The summed E-state index contributed by atoms with van der Waals surface area (Å²) in [6.07, 6.45) is 6.46. The Labute approximate surface area is 192 Å². The van der Waals surface area contributed by atoms with Crippen molar-refractivity contribution >= 4 is 35.8 Å². The lowest BCUT2D eigenvalue weighted by atomic mass is 10.0. The monoisotopic (exact) mass is 445 g/mol. The Hall–Kier alpha value is -4.18. The SMILES string of the molecule is CC(C)(N)CCNC(=O)c1ccc(/C=N/Nc2ncnc(Nc3ccccn3)c2C=N)cc1. The molecule has 0 aliphatic rings. The van der Waals surface area contributed by atoms with Crippen molar-refractivity contribution in [3.05, 3.63) is 71.7 Å². The van der Waals surface area contributed by atoms with Gasteiger partial charge in [-0.25, -0.2) is 15.0 Å². The fourth-order valence-electron chi connectivity index (χ4n) is 2.77. The number of amides is 1.